The lowest BCUT2D eigenvalue weighted by Crippen LogP contribution is -2.16. The van der Waals surface area contributed by atoms with Gasteiger partial charge in [-0.15, -0.1) is 0 Å². The van der Waals surface area contributed by atoms with Crippen LogP contribution < -0.4 is 0 Å². The van der Waals surface area contributed by atoms with Gasteiger partial charge in [-0.05, 0) is 30.3 Å². The summed E-state index contributed by atoms with van der Waals surface area (Å²) >= 11 is 0. The minimum atomic E-state index is 0.0944. The Morgan fingerprint density at radius 1 is 1.11 bits per heavy atom. The molecule has 0 unspecified atom stereocenters. The molecule has 0 aromatic heterocycles. The summed E-state index contributed by atoms with van der Waals surface area (Å²) < 4.78 is 0. The fourth-order valence-corrected chi connectivity index (χ4v) is 2.07. The maximum Gasteiger partial charge on any atom is 0.0615 e. The van der Waals surface area contributed by atoms with E-state index >= 15 is 0 Å². The van der Waals surface area contributed by atoms with Gasteiger partial charge in [-0.25, -0.2) is 0 Å². The molecule has 18 heavy (non-hydrogen) atoms. The molecule has 1 nitrogen and oxygen atoms in total. The number of aliphatic hydroxyl groups excluding tert-OH is 1. The summed E-state index contributed by atoms with van der Waals surface area (Å²) in [6.45, 7) is 4.72. The summed E-state index contributed by atoms with van der Waals surface area (Å²) in [5.41, 5.74) is 1.77. The molecule has 1 heteroatoms. The first-order valence-corrected chi connectivity index (χ1v) is 6.65. The zero-order valence-electron chi connectivity index (χ0n) is 11.5. The summed E-state index contributed by atoms with van der Waals surface area (Å²) in [6, 6.07) is 0. The molecular weight excluding hydrogens is 220 g/mol. The van der Waals surface area contributed by atoms with Crippen molar-refractivity contribution in [2.24, 2.45) is 5.41 Å². The molecule has 0 saturated carbocycles. The Morgan fingerprint density at radius 3 is 2.44 bits per heavy atom. The lowest BCUT2D eigenvalue weighted by molar-refractivity contribution is 0.343. The van der Waals surface area contributed by atoms with Gasteiger partial charge in [0, 0.05) is 0 Å². The third-order valence-corrected chi connectivity index (χ3v) is 3.22. The van der Waals surface area contributed by atoms with E-state index in [2.05, 4.69) is 32.1 Å². The van der Waals surface area contributed by atoms with E-state index in [0.717, 1.165) is 0 Å². The van der Waals surface area contributed by atoms with Gasteiger partial charge in [0.2, 0.25) is 0 Å². The average molecular weight is 244 g/mol. The molecule has 0 amide bonds. The van der Waals surface area contributed by atoms with Crippen molar-refractivity contribution in [3.63, 3.8) is 0 Å². The van der Waals surface area contributed by atoms with Gasteiger partial charge in [-0.1, -0.05) is 68.5 Å². The lowest BCUT2D eigenvalue weighted by atomic mass is 9.75. The maximum absolute atomic E-state index is 8.54. The summed E-state index contributed by atoms with van der Waals surface area (Å²) in [4.78, 5) is 0. The van der Waals surface area contributed by atoms with Gasteiger partial charge in [-0.3, -0.25) is 0 Å². The first kappa shape index (κ1) is 14.7. The van der Waals surface area contributed by atoms with Crippen molar-refractivity contribution in [2.75, 3.05) is 6.61 Å². The molecule has 0 aliphatic heterocycles. The fraction of sp³-hybridized carbons (Fsp3) is 0.412. The lowest BCUT2D eigenvalue weighted by Gasteiger charge is -2.29. The zero-order valence-corrected chi connectivity index (χ0v) is 11.5. The van der Waals surface area contributed by atoms with Crippen molar-refractivity contribution < 1.29 is 5.11 Å². The van der Waals surface area contributed by atoms with Crippen LogP contribution in [0.4, 0.5) is 0 Å². The zero-order chi connectivity index (χ0) is 13.3. The Morgan fingerprint density at radius 2 is 1.78 bits per heavy atom. The monoisotopic (exact) mass is 244 g/mol. The van der Waals surface area contributed by atoms with E-state index in [1.54, 1.807) is 6.08 Å². The smallest absolute Gasteiger partial charge is 0.0615 e. The molecule has 0 aromatic rings. The second-order valence-electron chi connectivity index (χ2n) is 5.18. The molecule has 0 saturated heterocycles. The largest absolute Gasteiger partial charge is 0.392 e. The van der Waals surface area contributed by atoms with E-state index in [1.807, 2.05) is 30.4 Å². The van der Waals surface area contributed by atoms with Gasteiger partial charge < -0.3 is 5.11 Å². The highest BCUT2D eigenvalue weighted by Gasteiger charge is 2.23. The van der Waals surface area contributed by atoms with Crippen molar-refractivity contribution in [3.8, 4) is 0 Å². The third kappa shape index (κ3) is 5.33. The van der Waals surface area contributed by atoms with Crippen molar-refractivity contribution >= 4 is 0 Å². The highest BCUT2D eigenvalue weighted by molar-refractivity contribution is 5.30. The summed E-state index contributed by atoms with van der Waals surface area (Å²) in [7, 11) is 0. The summed E-state index contributed by atoms with van der Waals surface area (Å²) in [5.74, 6) is 0. The molecule has 1 N–H and O–H groups in total. The Balaban J connectivity index is 2.45. The standard InChI is InChI=1S/C17H24O/c1-17(2)14-10-9-13-16(17)12-8-6-4-3-5-7-11-15-18/h3-8,11-13,18H,9-10,14-15H2,1-2H3. The van der Waals surface area contributed by atoms with Gasteiger partial charge in [0.05, 0.1) is 6.61 Å². The quantitative estimate of drug-likeness (QED) is 0.713. The van der Waals surface area contributed by atoms with E-state index in [1.165, 1.54) is 24.8 Å². The van der Waals surface area contributed by atoms with E-state index < -0.39 is 0 Å². The van der Waals surface area contributed by atoms with Gasteiger partial charge >= 0.3 is 0 Å². The van der Waals surface area contributed by atoms with Crippen LogP contribution in [-0.2, 0) is 0 Å². The van der Waals surface area contributed by atoms with E-state index in [-0.39, 0.29) is 6.61 Å². The Kier molecular flexibility index (Phi) is 6.45. The first-order chi connectivity index (χ1) is 8.67. The van der Waals surface area contributed by atoms with Gasteiger partial charge in [0.25, 0.3) is 0 Å². The van der Waals surface area contributed by atoms with Crippen LogP contribution in [0.2, 0.25) is 0 Å². The van der Waals surface area contributed by atoms with Crippen molar-refractivity contribution in [2.45, 2.75) is 33.1 Å². The normalized spacial score (nSPS) is 20.5. The van der Waals surface area contributed by atoms with E-state index in [0.29, 0.717) is 5.41 Å². The average Bonchev–Trinajstić information content (AvgIpc) is 2.34. The number of rotatable bonds is 5. The minimum Gasteiger partial charge on any atom is -0.392 e. The van der Waals surface area contributed by atoms with Crippen molar-refractivity contribution in [3.05, 3.63) is 60.3 Å². The second-order valence-corrected chi connectivity index (χ2v) is 5.18. The molecule has 98 valence electrons. The molecular formula is C17H24O. The fourth-order valence-electron chi connectivity index (χ4n) is 2.07. The molecule has 1 rings (SSSR count). The van der Waals surface area contributed by atoms with Crippen LogP contribution in [0.25, 0.3) is 0 Å². The van der Waals surface area contributed by atoms with Crippen LogP contribution in [-0.4, -0.2) is 11.7 Å². The van der Waals surface area contributed by atoms with E-state index in [9.17, 15) is 0 Å². The topological polar surface area (TPSA) is 20.2 Å². The van der Waals surface area contributed by atoms with Crippen LogP contribution in [0.1, 0.15) is 33.1 Å². The number of aliphatic hydroxyl groups is 1. The molecule has 0 spiro atoms. The second kappa shape index (κ2) is 7.88. The summed E-state index contributed by atoms with van der Waals surface area (Å²) in [6.07, 6.45) is 21.9. The molecule has 0 bridgehead atoms. The van der Waals surface area contributed by atoms with Crippen LogP contribution in [0, 0.1) is 5.41 Å². The predicted octanol–water partition coefficient (Wildman–Crippen LogP) is 4.34. The summed E-state index contributed by atoms with van der Waals surface area (Å²) in [5, 5.41) is 8.54. The van der Waals surface area contributed by atoms with Crippen LogP contribution in [0.15, 0.2) is 60.3 Å². The number of hydrogen-bond donors (Lipinski definition) is 1. The molecule has 0 atom stereocenters. The molecule has 0 fully saturated rings. The maximum atomic E-state index is 8.54. The Bertz CT molecular complexity index is 378. The van der Waals surface area contributed by atoms with Gasteiger partial charge in [-0.2, -0.15) is 0 Å². The first-order valence-electron chi connectivity index (χ1n) is 6.65. The van der Waals surface area contributed by atoms with Gasteiger partial charge in [0.15, 0.2) is 0 Å². The van der Waals surface area contributed by atoms with Crippen LogP contribution in [0.3, 0.4) is 0 Å². The molecule has 0 heterocycles. The van der Waals surface area contributed by atoms with Crippen LogP contribution in [0.5, 0.6) is 0 Å². The molecule has 1 aliphatic carbocycles. The highest BCUT2D eigenvalue weighted by atomic mass is 16.2. The predicted molar refractivity (Wildman–Crippen MR) is 79.4 cm³/mol. The number of allylic oxidation sites excluding steroid dienone is 9. The molecule has 0 aromatic carbocycles. The van der Waals surface area contributed by atoms with Crippen LogP contribution >= 0.6 is 0 Å². The highest BCUT2D eigenvalue weighted by Crippen LogP contribution is 2.37. The minimum absolute atomic E-state index is 0.0944. The Labute approximate surface area is 111 Å². The number of hydrogen-bond acceptors (Lipinski definition) is 1. The van der Waals surface area contributed by atoms with Crippen molar-refractivity contribution in [1.82, 2.24) is 0 Å². The molecule has 1 aliphatic rings. The SMILES string of the molecule is CC1(C)CCCC=C1C=CC=CC=CC=CCO. The molecule has 0 radical (unpaired) electrons. The van der Waals surface area contributed by atoms with Gasteiger partial charge in [0.1, 0.15) is 0 Å². The van der Waals surface area contributed by atoms with E-state index in [4.69, 9.17) is 5.11 Å². The Hall–Kier alpha value is -1.34. The van der Waals surface area contributed by atoms with Crippen molar-refractivity contribution in [1.29, 1.82) is 0 Å². The third-order valence-electron chi connectivity index (χ3n) is 3.22.